The second kappa shape index (κ2) is 11.1. The van der Waals surface area contributed by atoms with Crippen LogP contribution in [0.3, 0.4) is 0 Å². The lowest BCUT2D eigenvalue weighted by Gasteiger charge is -2.35. The minimum atomic E-state index is -2.13. The fourth-order valence-electron chi connectivity index (χ4n) is 6.17. The van der Waals surface area contributed by atoms with E-state index in [1.807, 2.05) is 0 Å². The Morgan fingerprint density at radius 1 is 0.943 bits per heavy atom. The molecule has 35 heavy (non-hydrogen) atoms. The van der Waals surface area contributed by atoms with Crippen LogP contribution in [0.4, 0.5) is 0 Å². The van der Waals surface area contributed by atoms with Gasteiger partial charge in [0, 0.05) is 23.2 Å². The van der Waals surface area contributed by atoms with Crippen LogP contribution in [0.5, 0.6) is 5.75 Å². The monoisotopic (exact) mass is 485 g/mol. The Hall–Kier alpha value is -2.36. The molecular weight excluding hydrogens is 442 g/mol. The number of benzene rings is 3. The molecule has 0 heterocycles. The maximum atomic E-state index is 7.13. The van der Waals surface area contributed by atoms with Gasteiger partial charge in [0.1, 0.15) is 5.75 Å². The highest BCUT2D eigenvalue weighted by Crippen LogP contribution is 2.47. The van der Waals surface area contributed by atoms with Gasteiger partial charge in [-0.15, -0.1) is 0 Å². The summed E-state index contributed by atoms with van der Waals surface area (Å²) < 4.78 is 7.13. The second-order valence-electron chi connectivity index (χ2n) is 11.2. The first kappa shape index (κ1) is 25.7. The van der Waals surface area contributed by atoms with Crippen LogP contribution in [-0.2, 0) is 6.42 Å². The molecule has 3 heteroatoms. The van der Waals surface area contributed by atoms with Gasteiger partial charge in [-0.25, -0.2) is 0 Å². The molecule has 1 aliphatic carbocycles. The summed E-state index contributed by atoms with van der Waals surface area (Å²) in [6.07, 6.45) is 4.69. The van der Waals surface area contributed by atoms with Crippen molar-refractivity contribution < 1.29 is 4.43 Å². The van der Waals surface area contributed by atoms with Crippen LogP contribution >= 0.6 is 0 Å². The molecule has 3 unspecified atom stereocenters. The van der Waals surface area contributed by atoms with Gasteiger partial charge in [0.15, 0.2) is 0 Å². The van der Waals surface area contributed by atoms with Crippen LogP contribution < -0.4 is 9.74 Å². The standard InChI is InChI=1S/C32H43NOSi/c1-7-8-20-30(33-23(2)3)28-17-12-13-21-31(28)34-35(5,6)32-24(4)22-29-26(18-14-19-27(29)32)25-15-10-9-11-16-25/h9-19,21,23-24,30,32-33H,7-8,20,22H2,1-6H3. The quantitative estimate of drug-likeness (QED) is 0.290. The highest BCUT2D eigenvalue weighted by molar-refractivity contribution is 6.73. The Morgan fingerprint density at radius 2 is 1.66 bits per heavy atom. The lowest BCUT2D eigenvalue weighted by Crippen LogP contribution is -2.44. The minimum absolute atomic E-state index is 0.328. The van der Waals surface area contributed by atoms with Crippen molar-refractivity contribution in [2.75, 3.05) is 0 Å². The minimum Gasteiger partial charge on any atom is -0.543 e. The zero-order valence-corrected chi connectivity index (χ0v) is 23.5. The Bertz CT molecular complexity index is 1110. The average molecular weight is 486 g/mol. The van der Waals surface area contributed by atoms with Crippen molar-refractivity contribution in [2.45, 2.75) is 84.1 Å². The molecule has 0 fully saturated rings. The van der Waals surface area contributed by atoms with E-state index < -0.39 is 8.32 Å². The third-order valence-electron chi connectivity index (χ3n) is 7.52. The molecule has 0 saturated heterocycles. The van der Waals surface area contributed by atoms with Crippen molar-refractivity contribution in [3.05, 3.63) is 89.5 Å². The van der Waals surface area contributed by atoms with E-state index in [0.29, 0.717) is 23.5 Å². The molecule has 2 nitrogen and oxygen atoms in total. The molecule has 4 rings (SSSR count). The zero-order chi connectivity index (χ0) is 25.0. The first-order valence-corrected chi connectivity index (χ1v) is 16.5. The molecular formula is C32H43NOSi. The maximum absolute atomic E-state index is 7.13. The van der Waals surface area contributed by atoms with Crippen LogP contribution in [0.25, 0.3) is 11.1 Å². The smallest absolute Gasteiger partial charge is 0.252 e. The molecule has 0 radical (unpaired) electrons. The summed E-state index contributed by atoms with van der Waals surface area (Å²) >= 11 is 0. The molecule has 0 saturated carbocycles. The van der Waals surface area contributed by atoms with Gasteiger partial charge < -0.3 is 9.74 Å². The second-order valence-corrected chi connectivity index (χ2v) is 15.2. The summed E-state index contributed by atoms with van der Waals surface area (Å²) in [6.45, 7) is 14.0. The van der Waals surface area contributed by atoms with E-state index in [-0.39, 0.29) is 0 Å². The van der Waals surface area contributed by atoms with Gasteiger partial charge in [-0.05, 0) is 60.2 Å². The summed E-state index contributed by atoms with van der Waals surface area (Å²) in [5.41, 5.74) is 7.54. The van der Waals surface area contributed by atoms with Gasteiger partial charge >= 0.3 is 0 Å². The number of nitrogens with one attached hydrogen (secondary N) is 1. The van der Waals surface area contributed by atoms with E-state index in [2.05, 4.69) is 119 Å². The first-order valence-electron chi connectivity index (χ1n) is 13.5. The van der Waals surface area contributed by atoms with Gasteiger partial charge in [0.2, 0.25) is 0 Å². The van der Waals surface area contributed by atoms with Crippen molar-refractivity contribution >= 4 is 8.32 Å². The molecule has 0 bridgehead atoms. The average Bonchev–Trinajstić information content (AvgIpc) is 3.19. The summed E-state index contributed by atoms with van der Waals surface area (Å²) in [6, 6.07) is 27.3. The summed E-state index contributed by atoms with van der Waals surface area (Å²) in [5.74, 6) is 1.66. The van der Waals surface area contributed by atoms with Crippen molar-refractivity contribution in [3.8, 4) is 16.9 Å². The number of hydrogen-bond acceptors (Lipinski definition) is 2. The number of hydrogen-bond donors (Lipinski definition) is 1. The summed E-state index contributed by atoms with van der Waals surface area (Å²) in [5, 5.41) is 3.81. The van der Waals surface area contributed by atoms with Gasteiger partial charge in [-0.1, -0.05) is 107 Å². The Kier molecular flexibility index (Phi) is 8.18. The maximum Gasteiger partial charge on any atom is 0.252 e. The van der Waals surface area contributed by atoms with E-state index in [0.717, 1.165) is 18.6 Å². The van der Waals surface area contributed by atoms with Crippen molar-refractivity contribution in [3.63, 3.8) is 0 Å². The largest absolute Gasteiger partial charge is 0.543 e. The van der Waals surface area contributed by atoms with E-state index in [9.17, 15) is 0 Å². The van der Waals surface area contributed by atoms with Crippen LogP contribution in [0.2, 0.25) is 13.1 Å². The highest BCUT2D eigenvalue weighted by Gasteiger charge is 2.45. The SMILES string of the molecule is CCCCC(NC(C)C)c1ccccc1O[Si](C)(C)C1c2cccc(-c3ccccc3)c2CC1C. The van der Waals surface area contributed by atoms with Gasteiger partial charge in [-0.2, -0.15) is 0 Å². The normalized spacial score (nSPS) is 18.5. The third-order valence-corrected chi connectivity index (χ3v) is 10.6. The zero-order valence-electron chi connectivity index (χ0n) is 22.5. The Balaban J connectivity index is 1.67. The molecule has 3 atom stereocenters. The van der Waals surface area contributed by atoms with Gasteiger partial charge in [0.25, 0.3) is 8.32 Å². The number of unbranched alkanes of at least 4 members (excludes halogenated alkanes) is 1. The summed E-state index contributed by atoms with van der Waals surface area (Å²) in [4.78, 5) is 0. The topological polar surface area (TPSA) is 21.3 Å². The fourth-order valence-corrected chi connectivity index (χ4v) is 9.55. The Labute approximate surface area is 214 Å². The van der Waals surface area contributed by atoms with Crippen LogP contribution in [-0.4, -0.2) is 14.4 Å². The molecule has 3 aromatic carbocycles. The van der Waals surface area contributed by atoms with E-state index >= 15 is 0 Å². The van der Waals surface area contributed by atoms with Gasteiger partial charge in [0.05, 0.1) is 0 Å². The van der Waals surface area contributed by atoms with Crippen molar-refractivity contribution in [1.29, 1.82) is 0 Å². The van der Waals surface area contributed by atoms with Crippen LogP contribution in [0, 0.1) is 5.92 Å². The van der Waals surface area contributed by atoms with Crippen LogP contribution in [0.15, 0.2) is 72.8 Å². The number of para-hydroxylation sites is 1. The fraction of sp³-hybridized carbons (Fsp3) is 0.438. The van der Waals surface area contributed by atoms with E-state index in [1.165, 1.54) is 40.7 Å². The predicted molar refractivity (Wildman–Crippen MR) is 153 cm³/mol. The molecule has 0 amide bonds. The van der Waals surface area contributed by atoms with Crippen molar-refractivity contribution in [2.24, 2.45) is 5.92 Å². The lowest BCUT2D eigenvalue weighted by atomic mass is 9.97. The molecule has 1 N–H and O–H groups in total. The first-order chi connectivity index (χ1) is 16.8. The predicted octanol–water partition coefficient (Wildman–Crippen LogP) is 8.68. The molecule has 1 aliphatic rings. The molecule has 0 aromatic heterocycles. The summed E-state index contributed by atoms with van der Waals surface area (Å²) in [7, 11) is -2.13. The molecule has 186 valence electrons. The lowest BCUT2D eigenvalue weighted by molar-refractivity contribution is 0.421. The Morgan fingerprint density at radius 3 is 2.37 bits per heavy atom. The molecule has 0 aliphatic heterocycles. The van der Waals surface area contributed by atoms with Crippen molar-refractivity contribution in [1.82, 2.24) is 5.32 Å². The highest BCUT2D eigenvalue weighted by atomic mass is 28.4. The third kappa shape index (κ3) is 5.73. The number of rotatable bonds is 10. The number of fused-ring (bicyclic) bond motifs is 1. The molecule has 0 spiro atoms. The van der Waals surface area contributed by atoms with Crippen LogP contribution in [0.1, 0.15) is 75.2 Å². The van der Waals surface area contributed by atoms with E-state index in [4.69, 9.17) is 4.43 Å². The molecule has 3 aromatic rings. The van der Waals surface area contributed by atoms with E-state index in [1.54, 1.807) is 0 Å². The van der Waals surface area contributed by atoms with Gasteiger partial charge in [-0.3, -0.25) is 0 Å².